The maximum atomic E-state index is 11.0. The molecule has 0 fully saturated rings. The van der Waals surface area contributed by atoms with Crippen LogP contribution in [0.15, 0.2) is 0 Å². The van der Waals surface area contributed by atoms with E-state index < -0.39 is 34.2 Å². The summed E-state index contributed by atoms with van der Waals surface area (Å²) < 4.78 is 23.7. The first-order valence-corrected chi connectivity index (χ1v) is 5.48. The van der Waals surface area contributed by atoms with Crippen molar-refractivity contribution in [2.24, 2.45) is 5.73 Å². The first-order chi connectivity index (χ1) is 6.37. The van der Waals surface area contributed by atoms with Gasteiger partial charge in [-0.15, -0.1) is 0 Å². The Labute approximate surface area is 81.3 Å². The van der Waals surface area contributed by atoms with Crippen LogP contribution < -0.4 is 10.5 Å². The number of sulfonamides is 1. The molecular weight excluding hydrogens is 212 g/mol. The van der Waals surface area contributed by atoms with Crippen LogP contribution >= 0.6 is 0 Å². The van der Waals surface area contributed by atoms with Crippen molar-refractivity contribution >= 4 is 21.9 Å². The van der Waals surface area contributed by atoms with Crippen molar-refractivity contribution in [1.29, 1.82) is 0 Å². The van der Waals surface area contributed by atoms with Crippen LogP contribution in [-0.2, 0) is 19.6 Å². The Hall–Kier alpha value is -1.15. The number of amides is 1. The number of carbonyl (C=O) groups excluding carboxylic acids is 1. The van der Waals surface area contributed by atoms with Gasteiger partial charge in [0.1, 0.15) is 0 Å². The van der Waals surface area contributed by atoms with Crippen molar-refractivity contribution in [2.75, 3.05) is 12.3 Å². The molecule has 0 aromatic carbocycles. The zero-order valence-corrected chi connectivity index (χ0v) is 8.21. The summed E-state index contributed by atoms with van der Waals surface area (Å²) in [6, 6.07) is 0. The molecule has 0 rings (SSSR count). The Bertz CT molecular complexity index is 310. The molecule has 0 saturated heterocycles. The average molecular weight is 224 g/mol. The molecule has 0 aromatic heterocycles. The fourth-order valence-corrected chi connectivity index (χ4v) is 1.74. The molecule has 0 unspecified atom stereocenters. The Morgan fingerprint density at radius 1 is 1.36 bits per heavy atom. The summed E-state index contributed by atoms with van der Waals surface area (Å²) in [6.07, 6.45) is -0.291. The molecule has 14 heavy (non-hydrogen) atoms. The fraction of sp³-hybridized carbons (Fsp3) is 0.667. The summed E-state index contributed by atoms with van der Waals surface area (Å²) in [5.74, 6) is -2.28. The predicted molar refractivity (Wildman–Crippen MR) is 47.9 cm³/mol. The molecule has 0 aliphatic carbocycles. The highest BCUT2D eigenvalue weighted by Crippen LogP contribution is 1.94. The fourth-order valence-electron chi connectivity index (χ4n) is 0.680. The summed E-state index contributed by atoms with van der Waals surface area (Å²) in [4.78, 5) is 20.7. The largest absolute Gasteiger partial charge is 0.481 e. The number of nitrogens with two attached hydrogens (primary N) is 1. The van der Waals surface area contributed by atoms with Crippen molar-refractivity contribution in [2.45, 2.75) is 12.8 Å². The minimum atomic E-state index is -3.73. The van der Waals surface area contributed by atoms with Crippen LogP contribution in [0.3, 0.4) is 0 Å². The smallest absolute Gasteiger partial charge is 0.303 e. The molecule has 7 nitrogen and oxygen atoms in total. The van der Waals surface area contributed by atoms with Crippen LogP contribution in [0.4, 0.5) is 0 Å². The van der Waals surface area contributed by atoms with Crippen LogP contribution in [0, 0.1) is 0 Å². The van der Waals surface area contributed by atoms with Gasteiger partial charge in [-0.05, 0) is 6.42 Å². The Morgan fingerprint density at radius 3 is 2.36 bits per heavy atom. The van der Waals surface area contributed by atoms with E-state index in [9.17, 15) is 18.0 Å². The van der Waals surface area contributed by atoms with E-state index in [0.717, 1.165) is 0 Å². The van der Waals surface area contributed by atoms with Crippen molar-refractivity contribution in [3.05, 3.63) is 0 Å². The lowest BCUT2D eigenvalue weighted by atomic mass is 10.3. The number of carboxylic acid groups (broad SMARTS) is 1. The minimum Gasteiger partial charge on any atom is -0.481 e. The molecule has 0 aliphatic heterocycles. The highest BCUT2D eigenvalue weighted by molar-refractivity contribution is 7.90. The van der Waals surface area contributed by atoms with Crippen LogP contribution in [0.1, 0.15) is 12.8 Å². The minimum absolute atomic E-state index is 0.0392. The van der Waals surface area contributed by atoms with E-state index in [0.29, 0.717) is 0 Å². The lowest BCUT2D eigenvalue weighted by Crippen LogP contribution is -2.36. The van der Waals surface area contributed by atoms with Crippen molar-refractivity contribution < 1.29 is 23.1 Å². The third-order valence-corrected chi connectivity index (χ3v) is 2.62. The van der Waals surface area contributed by atoms with Gasteiger partial charge in [-0.25, -0.2) is 8.42 Å². The van der Waals surface area contributed by atoms with E-state index in [2.05, 4.69) is 0 Å². The second-order valence-electron chi connectivity index (χ2n) is 2.55. The number of carboxylic acids is 1. The molecule has 0 bridgehead atoms. The molecule has 0 saturated carbocycles. The monoisotopic (exact) mass is 224 g/mol. The topological polar surface area (TPSA) is 127 Å². The van der Waals surface area contributed by atoms with Crippen LogP contribution in [0.5, 0.6) is 0 Å². The molecule has 82 valence electrons. The number of aliphatic carboxylic acids is 1. The van der Waals surface area contributed by atoms with Gasteiger partial charge in [-0.3, -0.25) is 14.3 Å². The van der Waals surface area contributed by atoms with Gasteiger partial charge < -0.3 is 10.8 Å². The van der Waals surface area contributed by atoms with Crippen molar-refractivity contribution in [1.82, 2.24) is 4.72 Å². The first-order valence-electron chi connectivity index (χ1n) is 3.82. The maximum absolute atomic E-state index is 11.0. The second-order valence-corrected chi connectivity index (χ2v) is 4.39. The third-order valence-electron chi connectivity index (χ3n) is 1.26. The molecular formula is C6H12N2O5S. The first kappa shape index (κ1) is 12.8. The standard InChI is InChI=1S/C6H12N2O5S/c7-4-5(9)8-14(12,13)3-1-2-6(10)11/h1-4,7H2,(H,8,9)(H,10,11). The van der Waals surface area contributed by atoms with E-state index in [1.54, 1.807) is 4.72 Å². The summed E-state index contributed by atoms with van der Waals surface area (Å²) in [6.45, 7) is -0.418. The molecule has 4 N–H and O–H groups in total. The van der Waals surface area contributed by atoms with Gasteiger partial charge in [0.15, 0.2) is 0 Å². The third kappa shape index (κ3) is 6.38. The van der Waals surface area contributed by atoms with Gasteiger partial charge in [0.05, 0.1) is 12.3 Å². The molecule has 0 aromatic rings. The molecule has 0 spiro atoms. The number of hydrogen-bond acceptors (Lipinski definition) is 5. The summed E-state index contributed by atoms with van der Waals surface area (Å²) in [5, 5.41) is 8.24. The Kier molecular flexibility index (Phi) is 5.10. The van der Waals surface area contributed by atoms with E-state index in [-0.39, 0.29) is 12.8 Å². The highest BCUT2D eigenvalue weighted by atomic mass is 32.2. The average Bonchev–Trinajstić information content (AvgIpc) is 2.02. The summed E-state index contributed by atoms with van der Waals surface area (Å²) >= 11 is 0. The maximum Gasteiger partial charge on any atom is 0.303 e. The van der Waals surface area contributed by atoms with Crippen molar-refractivity contribution in [3.8, 4) is 0 Å². The molecule has 0 radical (unpaired) electrons. The van der Waals surface area contributed by atoms with E-state index in [1.807, 2.05) is 0 Å². The van der Waals surface area contributed by atoms with E-state index in [1.165, 1.54) is 0 Å². The van der Waals surface area contributed by atoms with E-state index >= 15 is 0 Å². The zero-order chi connectivity index (χ0) is 11.2. The van der Waals surface area contributed by atoms with Gasteiger partial charge in [0.2, 0.25) is 15.9 Å². The Balaban J connectivity index is 3.96. The summed E-state index contributed by atoms with van der Waals surface area (Å²) in [7, 11) is -3.73. The molecule has 1 amide bonds. The predicted octanol–water partition coefficient (Wildman–Crippen LogP) is -1.74. The van der Waals surface area contributed by atoms with Gasteiger partial charge in [0.25, 0.3) is 0 Å². The number of carbonyl (C=O) groups is 2. The SMILES string of the molecule is NCC(=O)NS(=O)(=O)CCCC(=O)O. The van der Waals surface area contributed by atoms with Crippen LogP contribution in [0.2, 0.25) is 0 Å². The van der Waals surface area contributed by atoms with Gasteiger partial charge in [-0.2, -0.15) is 0 Å². The summed E-state index contributed by atoms with van der Waals surface area (Å²) in [5.41, 5.74) is 4.89. The lowest BCUT2D eigenvalue weighted by Gasteiger charge is -2.03. The quantitative estimate of drug-likeness (QED) is 0.491. The molecule has 8 heteroatoms. The van der Waals surface area contributed by atoms with Crippen LogP contribution in [0.25, 0.3) is 0 Å². The van der Waals surface area contributed by atoms with E-state index in [4.69, 9.17) is 10.8 Å². The molecule has 0 atom stereocenters. The number of hydrogen-bond donors (Lipinski definition) is 3. The normalized spacial score (nSPS) is 10.9. The lowest BCUT2D eigenvalue weighted by molar-refractivity contribution is -0.137. The van der Waals surface area contributed by atoms with Gasteiger partial charge >= 0.3 is 5.97 Å². The van der Waals surface area contributed by atoms with Gasteiger partial charge in [-0.1, -0.05) is 0 Å². The molecule has 0 heterocycles. The number of rotatable bonds is 6. The molecule has 0 aliphatic rings. The van der Waals surface area contributed by atoms with Crippen molar-refractivity contribution in [3.63, 3.8) is 0 Å². The zero-order valence-electron chi connectivity index (χ0n) is 7.39. The second kappa shape index (κ2) is 5.55. The van der Waals surface area contributed by atoms with Gasteiger partial charge in [0, 0.05) is 6.42 Å². The highest BCUT2D eigenvalue weighted by Gasteiger charge is 2.13. The number of nitrogens with one attached hydrogen (secondary N) is 1. The Morgan fingerprint density at radius 2 is 1.93 bits per heavy atom. The van der Waals surface area contributed by atoms with Crippen LogP contribution in [-0.4, -0.2) is 37.7 Å².